The molecule has 2 aromatic carbocycles. The molecule has 0 unspecified atom stereocenters. The number of Topliss-reactive ketones (excluding diaryl/α,β-unsaturated/α-hetero) is 1. The van der Waals surface area contributed by atoms with E-state index >= 15 is 0 Å². The second-order valence-electron chi connectivity index (χ2n) is 6.55. The Balaban J connectivity index is 2.06. The molecule has 1 aliphatic rings. The molecule has 0 aliphatic carbocycles. The van der Waals surface area contributed by atoms with Crippen LogP contribution in [0.3, 0.4) is 0 Å². The number of ether oxygens (including phenoxy) is 1. The molecule has 1 saturated heterocycles. The van der Waals surface area contributed by atoms with Crippen molar-refractivity contribution in [2.45, 2.75) is 25.8 Å². The lowest BCUT2D eigenvalue weighted by Gasteiger charge is -2.15. The molecule has 3 rings (SSSR count). The lowest BCUT2D eigenvalue weighted by Crippen LogP contribution is -2.21. The van der Waals surface area contributed by atoms with Crippen LogP contribution in [-0.4, -0.2) is 23.9 Å². The second-order valence-corrected chi connectivity index (χ2v) is 6.55. The number of rotatable bonds is 4. The van der Waals surface area contributed by atoms with E-state index in [9.17, 15) is 14.7 Å². The van der Waals surface area contributed by atoms with E-state index in [0.717, 1.165) is 11.1 Å². The Morgan fingerprint density at radius 2 is 1.81 bits per heavy atom. The Morgan fingerprint density at radius 1 is 1.12 bits per heavy atom. The molecule has 1 aliphatic heterocycles. The normalized spacial score (nSPS) is 18.8. The minimum Gasteiger partial charge on any atom is -0.507 e. The average molecular weight is 351 g/mol. The minimum absolute atomic E-state index is 0.0561. The minimum atomic E-state index is -0.719. The van der Waals surface area contributed by atoms with Crippen molar-refractivity contribution in [3.05, 3.63) is 70.8 Å². The third-order valence-corrected chi connectivity index (χ3v) is 4.55. The first-order valence-electron chi connectivity index (χ1n) is 8.45. The Hall–Kier alpha value is -3.08. The molecule has 5 nitrogen and oxygen atoms in total. The quantitative estimate of drug-likeness (QED) is 0.502. The van der Waals surface area contributed by atoms with Crippen LogP contribution in [0.1, 0.15) is 42.5 Å². The fourth-order valence-electron chi connectivity index (χ4n) is 3.02. The third-order valence-electron chi connectivity index (χ3n) is 4.55. The molecule has 0 spiro atoms. The van der Waals surface area contributed by atoms with E-state index in [1.807, 2.05) is 24.3 Å². The number of aliphatic hydroxyl groups is 1. The SMILES string of the molecule is COc1cccc(C(O)=C2C(=O)C(=O)N[C@@H]2c2ccc(C(C)C)cc2)c1. The van der Waals surface area contributed by atoms with Crippen LogP contribution in [0.4, 0.5) is 0 Å². The number of aliphatic hydroxyl groups excluding tert-OH is 1. The van der Waals surface area contributed by atoms with Crippen molar-refractivity contribution < 1.29 is 19.4 Å². The summed E-state index contributed by atoms with van der Waals surface area (Å²) >= 11 is 0. The van der Waals surface area contributed by atoms with Crippen LogP contribution in [0.2, 0.25) is 0 Å². The van der Waals surface area contributed by atoms with Crippen LogP contribution in [0.25, 0.3) is 5.76 Å². The first-order valence-corrected chi connectivity index (χ1v) is 8.45. The Labute approximate surface area is 152 Å². The van der Waals surface area contributed by atoms with E-state index in [2.05, 4.69) is 19.2 Å². The summed E-state index contributed by atoms with van der Waals surface area (Å²) in [6.07, 6.45) is 0. The summed E-state index contributed by atoms with van der Waals surface area (Å²) in [6.45, 7) is 4.19. The van der Waals surface area contributed by atoms with E-state index in [-0.39, 0.29) is 11.3 Å². The van der Waals surface area contributed by atoms with Gasteiger partial charge in [0.2, 0.25) is 0 Å². The molecule has 134 valence electrons. The molecular weight excluding hydrogens is 330 g/mol. The number of benzene rings is 2. The molecule has 0 radical (unpaired) electrons. The van der Waals surface area contributed by atoms with Crippen LogP contribution in [0.15, 0.2) is 54.1 Å². The maximum absolute atomic E-state index is 12.4. The van der Waals surface area contributed by atoms with Gasteiger partial charge in [0.1, 0.15) is 11.5 Å². The van der Waals surface area contributed by atoms with Gasteiger partial charge in [-0.25, -0.2) is 0 Å². The number of hydrogen-bond donors (Lipinski definition) is 2. The maximum Gasteiger partial charge on any atom is 0.293 e. The van der Waals surface area contributed by atoms with Crippen LogP contribution < -0.4 is 10.1 Å². The highest BCUT2D eigenvalue weighted by atomic mass is 16.5. The topological polar surface area (TPSA) is 75.6 Å². The lowest BCUT2D eigenvalue weighted by molar-refractivity contribution is -0.133. The van der Waals surface area contributed by atoms with E-state index in [1.165, 1.54) is 7.11 Å². The molecule has 1 amide bonds. The number of nitrogens with one attached hydrogen (secondary N) is 1. The van der Waals surface area contributed by atoms with Crippen molar-refractivity contribution in [3.63, 3.8) is 0 Å². The van der Waals surface area contributed by atoms with Crippen molar-refractivity contribution in [2.24, 2.45) is 0 Å². The fourth-order valence-corrected chi connectivity index (χ4v) is 3.02. The number of carbonyl (C=O) groups excluding carboxylic acids is 2. The van der Waals surface area contributed by atoms with Gasteiger partial charge in [0.15, 0.2) is 0 Å². The van der Waals surface area contributed by atoms with Crippen molar-refractivity contribution in [1.82, 2.24) is 5.32 Å². The summed E-state index contributed by atoms with van der Waals surface area (Å²) in [4.78, 5) is 24.3. The van der Waals surface area contributed by atoms with Gasteiger partial charge in [0.05, 0.1) is 18.7 Å². The molecule has 5 heteroatoms. The summed E-state index contributed by atoms with van der Waals surface area (Å²) in [5, 5.41) is 13.4. The van der Waals surface area contributed by atoms with Crippen LogP contribution in [0, 0.1) is 0 Å². The van der Waals surface area contributed by atoms with Gasteiger partial charge in [0, 0.05) is 5.56 Å². The van der Waals surface area contributed by atoms with E-state index in [0.29, 0.717) is 17.2 Å². The first kappa shape index (κ1) is 17.7. The Bertz CT molecular complexity index is 881. The fraction of sp³-hybridized carbons (Fsp3) is 0.238. The standard InChI is InChI=1S/C21H21NO4/c1-12(2)13-7-9-14(10-8-13)18-17(20(24)21(25)22-18)19(23)15-5-4-6-16(11-15)26-3/h4-12,18,23H,1-3H3,(H,22,25)/t18-/m1/s1. The molecule has 0 aromatic heterocycles. The predicted molar refractivity (Wildman–Crippen MR) is 99.0 cm³/mol. The van der Waals surface area contributed by atoms with Gasteiger partial charge in [-0.05, 0) is 29.2 Å². The van der Waals surface area contributed by atoms with E-state index in [1.54, 1.807) is 24.3 Å². The smallest absolute Gasteiger partial charge is 0.293 e. The van der Waals surface area contributed by atoms with Crippen molar-refractivity contribution >= 4 is 17.4 Å². The zero-order valence-corrected chi connectivity index (χ0v) is 14.9. The van der Waals surface area contributed by atoms with Crippen molar-refractivity contribution in [2.75, 3.05) is 7.11 Å². The van der Waals surface area contributed by atoms with Crippen LogP contribution in [-0.2, 0) is 9.59 Å². The molecule has 26 heavy (non-hydrogen) atoms. The maximum atomic E-state index is 12.4. The van der Waals surface area contributed by atoms with Gasteiger partial charge < -0.3 is 15.2 Å². The summed E-state index contributed by atoms with van der Waals surface area (Å²) in [5.41, 5.74) is 2.39. The molecule has 1 fully saturated rings. The monoisotopic (exact) mass is 351 g/mol. The van der Waals surface area contributed by atoms with Crippen molar-refractivity contribution in [3.8, 4) is 5.75 Å². The molecule has 0 bridgehead atoms. The molecule has 2 aromatic rings. The molecule has 1 heterocycles. The van der Waals surface area contributed by atoms with Crippen molar-refractivity contribution in [1.29, 1.82) is 0 Å². The van der Waals surface area contributed by atoms with Gasteiger partial charge in [0.25, 0.3) is 11.7 Å². The molecule has 0 saturated carbocycles. The van der Waals surface area contributed by atoms with E-state index in [4.69, 9.17) is 4.74 Å². The largest absolute Gasteiger partial charge is 0.507 e. The zero-order chi connectivity index (χ0) is 18.8. The second kappa shape index (κ2) is 7.04. The number of ketones is 1. The number of amides is 1. The lowest BCUT2D eigenvalue weighted by atomic mass is 9.93. The van der Waals surface area contributed by atoms with Gasteiger partial charge in [-0.1, -0.05) is 50.2 Å². The van der Waals surface area contributed by atoms with Gasteiger partial charge >= 0.3 is 0 Å². The summed E-state index contributed by atoms with van der Waals surface area (Å²) in [5.74, 6) is -0.720. The number of carbonyl (C=O) groups is 2. The number of methoxy groups -OCH3 is 1. The van der Waals surface area contributed by atoms with Gasteiger partial charge in [-0.15, -0.1) is 0 Å². The zero-order valence-electron chi connectivity index (χ0n) is 14.9. The number of hydrogen-bond acceptors (Lipinski definition) is 4. The van der Waals surface area contributed by atoms with Crippen LogP contribution in [0.5, 0.6) is 5.75 Å². The summed E-state index contributed by atoms with van der Waals surface area (Å²) in [6, 6.07) is 13.7. The molecular formula is C21H21NO4. The molecule has 1 atom stereocenters. The Kier molecular flexibility index (Phi) is 4.80. The van der Waals surface area contributed by atoms with Crippen LogP contribution >= 0.6 is 0 Å². The third kappa shape index (κ3) is 3.20. The summed E-state index contributed by atoms with van der Waals surface area (Å²) in [7, 11) is 1.52. The predicted octanol–water partition coefficient (Wildman–Crippen LogP) is 3.53. The van der Waals surface area contributed by atoms with Gasteiger partial charge in [-0.2, -0.15) is 0 Å². The molecule has 2 N–H and O–H groups in total. The first-order chi connectivity index (χ1) is 12.4. The highest BCUT2D eigenvalue weighted by Gasteiger charge is 2.39. The summed E-state index contributed by atoms with van der Waals surface area (Å²) < 4.78 is 5.16. The average Bonchev–Trinajstić information content (AvgIpc) is 2.96. The van der Waals surface area contributed by atoms with E-state index < -0.39 is 17.7 Å². The highest BCUT2D eigenvalue weighted by Crippen LogP contribution is 2.34. The highest BCUT2D eigenvalue weighted by molar-refractivity contribution is 6.46. The Morgan fingerprint density at radius 3 is 2.42 bits per heavy atom. The van der Waals surface area contributed by atoms with Gasteiger partial charge in [-0.3, -0.25) is 9.59 Å².